The average molecular weight is 417 g/mol. The lowest BCUT2D eigenvalue weighted by Gasteiger charge is -2.23. The molecule has 8 heteroatoms. The van der Waals surface area contributed by atoms with E-state index >= 15 is 0 Å². The third kappa shape index (κ3) is 3.59. The lowest BCUT2D eigenvalue weighted by Crippen LogP contribution is -2.24. The molecule has 1 fully saturated rings. The van der Waals surface area contributed by atoms with Gasteiger partial charge in [0.05, 0.1) is 28.7 Å². The zero-order valence-corrected chi connectivity index (χ0v) is 17.2. The highest BCUT2D eigenvalue weighted by Gasteiger charge is 2.22. The van der Waals surface area contributed by atoms with E-state index in [1.54, 1.807) is 18.6 Å². The number of pyridine rings is 2. The highest BCUT2D eigenvalue weighted by Crippen LogP contribution is 2.29. The Balaban J connectivity index is 1.58. The summed E-state index contributed by atoms with van der Waals surface area (Å²) in [6.45, 7) is 3.64. The molecule has 1 aliphatic heterocycles. The van der Waals surface area contributed by atoms with Crippen LogP contribution >= 0.6 is 0 Å². The number of ether oxygens (including phenoxy) is 1. The Bertz CT molecular complexity index is 1320. The van der Waals surface area contributed by atoms with Crippen molar-refractivity contribution in [1.29, 1.82) is 0 Å². The monoisotopic (exact) mass is 417 g/mol. The number of aromatic nitrogens is 4. The molecule has 0 unspecified atom stereocenters. The lowest BCUT2D eigenvalue weighted by atomic mass is 10.0. The molecule has 0 aliphatic carbocycles. The minimum absolute atomic E-state index is 0.160. The van der Waals surface area contributed by atoms with Crippen molar-refractivity contribution in [1.82, 2.24) is 25.1 Å². The van der Waals surface area contributed by atoms with Crippen LogP contribution < -0.4 is 10.9 Å². The second-order valence-corrected chi connectivity index (χ2v) is 7.90. The predicted molar refractivity (Wildman–Crippen MR) is 117 cm³/mol. The molecule has 0 radical (unpaired) electrons. The Kier molecular flexibility index (Phi) is 4.99. The van der Waals surface area contributed by atoms with Gasteiger partial charge in [0, 0.05) is 43.1 Å². The van der Waals surface area contributed by atoms with Crippen LogP contribution in [-0.4, -0.2) is 38.9 Å². The van der Waals surface area contributed by atoms with E-state index in [2.05, 4.69) is 20.4 Å². The van der Waals surface area contributed by atoms with Crippen LogP contribution in [0.15, 0.2) is 47.7 Å². The number of nitrogens with one attached hydrogen (secondary N) is 2. The predicted octanol–water partition coefficient (Wildman–Crippen LogP) is 2.86. The zero-order valence-electron chi connectivity index (χ0n) is 17.2. The Morgan fingerprint density at radius 3 is 2.77 bits per heavy atom. The fraction of sp³-hybridized carbons (Fsp3) is 0.304. The molecular formula is C23H23N5O3. The number of amides is 1. The van der Waals surface area contributed by atoms with Crippen molar-refractivity contribution >= 4 is 27.7 Å². The van der Waals surface area contributed by atoms with E-state index in [1.807, 2.05) is 35.9 Å². The molecule has 4 heterocycles. The molecule has 1 saturated heterocycles. The van der Waals surface area contributed by atoms with Gasteiger partial charge >= 0.3 is 0 Å². The summed E-state index contributed by atoms with van der Waals surface area (Å²) in [5.74, 6) is -0.160. The van der Waals surface area contributed by atoms with Crippen molar-refractivity contribution in [2.24, 2.45) is 0 Å². The number of nitrogens with zero attached hydrogens (tertiary/aromatic N) is 3. The Hall–Kier alpha value is -3.52. The number of H-pyrrole nitrogens is 1. The molecule has 158 valence electrons. The number of benzene rings is 1. The number of fused-ring (bicyclic) bond motifs is 3. The molecule has 1 aromatic carbocycles. The molecule has 1 amide bonds. The second-order valence-electron chi connectivity index (χ2n) is 7.90. The molecule has 1 aliphatic rings. The highest BCUT2D eigenvalue weighted by molar-refractivity contribution is 6.07. The fourth-order valence-electron chi connectivity index (χ4n) is 4.22. The van der Waals surface area contributed by atoms with E-state index in [0.29, 0.717) is 36.2 Å². The van der Waals surface area contributed by atoms with Crippen molar-refractivity contribution in [3.05, 3.63) is 69.9 Å². The molecule has 5 rings (SSSR count). The molecule has 8 nitrogen and oxygen atoms in total. The second kappa shape index (κ2) is 7.96. The maximum atomic E-state index is 13.0. The summed E-state index contributed by atoms with van der Waals surface area (Å²) in [4.78, 5) is 32.6. The van der Waals surface area contributed by atoms with Crippen LogP contribution in [0.5, 0.6) is 0 Å². The van der Waals surface area contributed by atoms with Crippen LogP contribution in [-0.2, 0) is 11.3 Å². The molecule has 4 aromatic rings. The van der Waals surface area contributed by atoms with Crippen LogP contribution in [0.2, 0.25) is 0 Å². The molecule has 0 bridgehead atoms. The first kappa shape index (κ1) is 19.4. The zero-order chi connectivity index (χ0) is 21.4. The first-order valence-electron chi connectivity index (χ1n) is 10.4. The number of hydrogen-bond acceptors (Lipinski definition) is 5. The maximum absolute atomic E-state index is 13.0. The topological polar surface area (TPSA) is 102 Å². The summed E-state index contributed by atoms with van der Waals surface area (Å²) in [6, 6.07) is 7.63. The van der Waals surface area contributed by atoms with Gasteiger partial charge in [-0.25, -0.2) is 0 Å². The van der Waals surface area contributed by atoms with Crippen molar-refractivity contribution in [2.45, 2.75) is 32.4 Å². The van der Waals surface area contributed by atoms with Crippen molar-refractivity contribution in [2.75, 3.05) is 13.2 Å². The summed E-state index contributed by atoms with van der Waals surface area (Å²) >= 11 is 0. The van der Waals surface area contributed by atoms with Gasteiger partial charge in [-0.15, -0.1) is 0 Å². The molecule has 0 atom stereocenters. The number of rotatable bonds is 4. The summed E-state index contributed by atoms with van der Waals surface area (Å²) in [6.07, 6.45) is 6.71. The molecule has 0 spiro atoms. The van der Waals surface area contributed by atoms with E-state index in [0.717, 1.165) is 34.9 Å². The molecule has 0 saturated carbocycles. The maximum Gasteiger partial charge on any atom is 0.259 e. The molecular weight excluding hydrogens is 394 g/mol. The molecule has 2 N–H and O–H groups in total. The van der Waals surface area contributed by atoms with Gasteiger partial charge in [0.2, 0.25) is 0 Å². The number of aromatic amines is 1. The van der Waals surface area contributed by atoms with Crippen LogP contribution in [0.3, 0.4) is 0 Å². The smallest absolute Gasteiger partial charge is 0.259 e. The standard InChI is InChI=1S/C23H23N5O3/c1-14-10-20-18(11-17(14)22(29)25-12-15-2-6-24-7-3-15)21-19(23(30)27-20)13-26-28(21)16-4-8-31-9-5-16/h2-3,6-7,10-11,13,16H,4-5,8-9,12H2,1H3,(H,25,29)(H,27,30). The van der Waals surface area contributed by atoms with E-state index in [4.69, 9.17) is 4.74 Å². The van der Waals surface area contributed by atoms with Crippen LogP contribution in [0, 0.1) is 6.92 Å². The summed E-state index contributed by atoms with van der Waals surface area (Å²) < 4.78 is 7.42. The summed E-state index contributed by atoms with van der Waals surface area (Å²) in [5.41, 5.74) is 3.66. The van der Waals surface area contributed by atoms with Gasteiger partial charge in [0.1, 0.15) is 0 Å². The van der Waals surface area contributed by atoms with Crippen LogP contribution in [0.4, 0.5) is 0 Å². The number of carbonyl (C=O) groups is 1. The number of hydrogen-bond donors (Lipinski definition) is 2. The van der Waals surface area contributed by atoms with Gasteiger partial charge in [-0.05, 0) is 55.2 Å². The largest absolute Gasteiger partial charge is 0.381 e. The van der Waals surface area contributed by atoms with E-state index in [9.17, 15) is 9.59 Å². The molecule has 31 heavy (non-hydrogen) atoms. The third-order valence-corrected chi connectivity index (χ3v) is 5.89. The van der Waals surface area contributed by atoms with Crippen molar-refractivity contribution in [3.63, 3.8) is 0 Å². The number of carbonyl (C=O) groups excluding carboxylic acids is 1. The Morgan fingerprint density at radius 1 is 1.23 bits per heavy atom. The van der Waals surface area contributed by atoms with Crippen LogP contribution in [0.25, 0.3) is 21.8 Å². The van der Waals surface area contributed by atoms with Gasteiger partial charge in [-0.2, -0.15) is 5.10 Å². The van der Waals surface area contributed by atoms with Crippen molar-refractivity contribution < 1.29 is 9.53 Å². The summed E-state index contributed by atoms with van der Waals surface area (Å²) in [7, 11) is 0. The van der Waals surface area contributed by atoms with Gasteiger partial charge < -0.3 is 15.0 Å². The highest BCUT2D eigenvalue weighted by atomic mass is 16.5. The van der Waals surface area contributed by atoms with Crippen molar-refractivity contribution in [3.8, 4) is 0 Å². The number of aryl methyl sites for hydroxylation is 1. The summed E-state index contributed by atoms with van der Waals surface area (Å²) in [5, 5.41) is 8.86. The van der Waals surface area contributed by atoms with E-state index in [1.165, 1.54) is 0 Å². The van der Waals surface area contributed by atoms with Gasteiger partial charge in [0.25, 0.3) is 11.5 Å². The molecule has 3 aromatic heterocycles. The quantitative estimate of drug-likeness (QED) is 0.532. The van der Waals surface area contributed by atoms with E-state index in [-0.39, 0.29) is 17.5 Å². The Morgan fingerprint density at radius 2 is 2.00 bits per heavy atom. The first-order valence-corrected chi connectivity index (χ1v) is 10.4. The minimum atomic E-state index is -0.171. The van der Waals surface area contributed by atoms with E-state index < -0.39 is 0 Å². The van der Waals surface area contributed by atoms with Crippen LogP contribution in [0.1, 0.15) is 40.4 Å². The minimum Gasteiger partial charge on any atom is -0.381 e. The SMILES string of the molecule is Cc1cc2[nH]c(=O)c3cnn(C4CCOCC4)c3c2cc1C(=O)NCc1ccncc1. The van der Waals surface area contributed by atoms with Gasteiger partial charge in [0.15, 0.2) is 0 Å². The fourth-order valence-corrected chi connectivity index (χ4v) is 4.22. The van der Waals surface area contributed by atoms with Gasteiger partial charge in [-0.1, -0.05) is 0 Å². The average Bonchev–Trinajstić information content (AvgIpc) is 3.25. The van der Waals surface area contributed by atoms with Gasteiger partial charge in [-0.3, -0.25) is 19.3 Å². The normalized spacial score (nSPS) is 14.9. The first-order chi connectivity index (χ1) is 15.1. The lowest BCUT2D eigenvalue weighted by molar-refractivity contribution is 0.0675. The third-order valence-electron chi connectivity index (χ3n) is 5.89. The Labute approximate surface area is 178 Å².